The predicted molar refractivity (Wildman–Crippen MR) is 111 cm³/mol. The van der Waals surface area contributed by atoms with Gasteiger partial charge in [0, 0.05) is 29.1 Å². The molecular formula is C20H21BrN2O3S. The van der Waals surface area contributed by atoms with Gasteiger partial charge in [-0.15, -0.1) is 0 Å². The van der Waals surface area contributed by atoms with Gasteiger partial charge in [-0.1, -0.05) is 15.9 Å². The lowest BCUT2D eigenvalue weighted by molar-refractivity contribution is 0.412. The van der Waals surface area contributed by atoms with Crippen molar-refractivity contribution in [2.45, 2.75) is 24.2 Å². The largest absolute Gasteiger partial charge is 0.495 e. The van der Waals surface area contributed by atoms with Crippen LogP contribution in [0.2, 0.25) is 0 Å². The molecule has 1 aromatic heterocycles. The lowest BCUT2D eigenvalue weighted by Crippen LogP contribution is -2.30. The summed E-state index contributed by atoms with van der Waals surface area (Å²) in [5, 5.41) is 0.873. The first-order chi connectivity index (χ1) is 13.0. The number of benzene rings is 2. The first kappa shape index (κ1) is 18.4. The average molecular weight is 449 g/mol. The highest BCUT2D eigenvalue weighted by Gasteiger charge is 2.23. The topological polar surface area (TPSA) is 51.5 Å². The van der Waals surface area contributed by atoms with Crippen LogP contribution in [0.1, 0.15) is 19.3 Å². The summed E-state index contributed by atoms with van der Waals surface area (Å²) >= 11 is 3.43. The van der Waals surface area contributed by atoms with Crippen molar-refractivity contribution in [3.8, 4) is 5.75 Å². The Bertz CT molecular complexity index is 1090. The third kappa shape index (κ3) is 3.34. The van der Waals surface area contributed by atoms with Gasteiger partial charge in [-0.3, -0.25) is 0 Å². The van der Waals surface area contributed by atoms with E-state index in [1.54, 1.807) is 31.5 Å². The minimum atomic E-state index is -3.70. The van der Waals surface area contributed by atoms with Gasteiger partial charge in [0.2, 0.25) is 0 Å². The van der Waals surface area contributed by atoms with Gasteiger partial charge in [-0.2, -0.15) is 0 Å². The molecule has 0 bridgehead atoms. The van der Waals surface area contributed by atoms with Gasteiger partial charge in [-0.25, -0.2) is 12.4 Å². The monoisotopic (exact) mass is 448 g/mol. The van der Waals surface area contributed by atoms with Crippen molar-refractivity contribution >= 4 is 42.5 Å². The molecule has 1 fully saturated rings. The molecule has 2 heterocycles. The fraction of sp³-hybridized carbons (Fsp3) is 0.300. The molecule has 0 aliphatic carbocycles. The number of hydrogen-bond acceptors (Lipinski definition) is 4. The Balaban J connectivity index is 1.81. The number of nitrogens with zero attached hydrogens (tertiary/aromatic N) is 2. The van der Waals surface area contributed by atoms with Crippen molar-refractivity contribution in [2.24, 2.45) is 0 Å². The van der Waals surface area contributed by atoms with Crippen LogP contribution in [0.25, 0.3) is 10.9 Å². The summed E-state index contributed by atoms with van der Waals surface area (Å²) in [5.74, 6) is 0.706. The molecule has 0 N–H and O–H groups in total. The molecule has 1 aliphatic rings. The Morgan fingerprint density at radius 1 is 1.00 bits per heavy atom. The van der Waals surface area contributed by atoms with Crippen LogP contribution >= 0.6 is 15.9 Å². The summed E-state index contributed by atoms with van der Waals surface area (Å²) in [4.78, 5) is 2.48. The SMILES string of the molecule is COc1ccc(S(=O)(=O)n2ccc3cc(Br)ccc32)cc1N1CCCCC1. The van der Waals surface area contributed by atoms with E-state index in [-0.39, 0.29) is 4.90 Å². The number of ether oxygens (including phenoxy) is 1. The Kier molecular flexibility index (Phi) is 4.90. The van der Waals surface area contributed by atoms with Crippen LogP contribution < -0.4 is 9.64 Å². The zero-order chi connectivity index (χ0) is 19.0. The van der Waals surface area contributed by atoms with Crippen molar-refractivity contribution in [1.29, 1.82) is 0 Å². The van der Waals surface area contributed by atoms with Crippen LogP contribution in [0.3, 0.4) is 0 Å². The van der Waals surface area contributed by atoms with E-state index in [2.05, 4.69) is 20.8 Å². The second kappa shape index (κ2) is 7.20. The summed E-state index contributed by atoms with van der Waals surface area (Å²) in [7, 11) is -2.08. The van der Waals surface area contributed by atoms with E-state index in [0.717, 1.165) is 41.5 Å². The quantitative estimate of drug-likeness (QED) is 0.583. The van der Waals surface area contributed by atoms with E-state index in [4.69, 9.17) is 4.74 Å². The number of piperidine rings is 1. The highest BCUT2D eigenvalue weighted by molar-refractivity contribution is 9.10. The number of aromatic nitrogens is 1. The molecule has 0 saturated carbocycles. The van der Waals surface area contributed by atoms with E-state index in [0.29, 0.717) is 11.3 Å². The highest BCUT2D eigenvalue weighted by Crippen LogP contribution is 2.34. The summed E-state index contributed by atoms with van der Waals surface area (Å²) in [6.45, 7) is 1.83. The van der Waals surface area contributed by atoms with Gasteiger partial charge in [0.05, 0.1) is 23.2 Å². The van der Waals surface area contributed by atoms with E-state index < -0.39 is 10.0 Å². The van der Waals surface area contributed by atoms with E-state index in [1.165, 1.54) is 10.4 Å². The molecule has 0 radical (unpaired) electrons. The zero-order valence-electron chi connectivity index (χ0n) is 15.1. The summed E-state index contributed by atoms with van der Waals surface area (Å²) < 4.78 is 34.4. The van der Waals surface area contributed by atoms with Crippen LogP contribution in [0, 0.1) is 0 Å². The molecular weight excluding hydrogens is 428 g/mol. The van der Waals surface area contributed by atoms with Gasteiger partial charge in [0.25, 0.3) is 10.0 Å². The van der Waals surface area contributed by atoms with Crippen molar-refractivity contribution < 1.29 is 13.2 Å². The lowest BCUT2D eigenvalue weighted by Gasteiger charge is -2.30. The molecule has 7 heteroatoms. The maximum Gasteiger partial charge on any atom is 0.268 e. The second-order valence-electron chi connectivity index (χ2n) is 6.70. The molecule has 142 valence electrons. The third-order valence-electron chi connectivity index (χ3n) is 5.02. The number of methoxy groups -OCH3 is 1. The second-order valence-corrected chi connectivity index (χ2v) is 9.43. The highest BCUT2D eigenvalue weighted by atomic mass is 79.9. The third-order valence-corrected chi connectivity index (χ3v) is 7.20. The van der Waals surface area contributed by atoms with Crippen molar-refractivity contribution in [1.82, 2.24) is 3.97 Å². The zero-order valence-corrected chi connectivity index (χ0v) is 17.5. The first-order valence-electron chi connectivity index (χ1n) is 8.96. The number of halogens is 1. The molecule has 0 spiro atoms. The number of hydrogen-bond donors (Lipinski definition) is 0. The van der Waals surface area contributed by atoms with E-state index >= 15 is 0 Å². The first-order valence-corrected chi connectivity index (χ1v) is 11.2. The fourth-order valence-corrected chi connectivity index (χ4v) is 5.38. The molecule has 4 rings (SSSR count). The van der Waals surface area contributed by atoms with Crippen LogP contribution in [0.15, 0.2) is 58.0 Å². The van der Waals surface area contributed by atoms with Crippen molar-refractivity contribution in [3.63, 3.8) is 0 Å². The summed E-state index contributed by atoms with van der Waals surface area (Å²) in [6.07, 6.45) is 5.04. The lowest BCUT2D eigenvalue weighted by atomic mass is 10.1. The molecule has 1 saturated heterocycles. The minimum absolute atomic E-state index is 0.268. The van der Waals surface area contributed by atoms with E-state index in [1.807, 2.05) is 24.3 Å². The Morgan fingerprint density at radius 3 is 2.52 bits per heavy atom. The number of anilines is 1. The predicted octanol–water partition coefficient (Wildman–Crippen LogP) is 4.64. The maximum atomic E-state index is 13.3. The molecule has 1 aliphatic heterocycles. The Labute approximate surface area is 167 Å². The van der Waals surface area contributed by atoms with Crippen molar-refractivity contribution in [3.05, 3.63) is 53.1 Å². The van der Waals surface area contributed by atoms with Gasteiger partial charge in [-0.05, 0) is 61.7 Å². The molecule has 2 aromatic carbocycles. The average Bonchev–Trinajstić information content (AvgIpc) is 3.12. The minimum Gasteiger partial charge on any atom is -0.495 e. The standard InChI is InChI=1S/C20H21BrN2O3S/c1-26-20-8-6-17(14-19(20)22-10-3-2-4-11-22)27(24,25)23-12-9-15-13-16(21)5-7-18(15)23/h5-9,12-14H,2-4,10-11H2,1H3. The molecule has 0 atom stereocenters. The summed E-state index contributed by atoms with van der Waals surface area (Å²) in [5.41, 5.74) is 1.51. The van der Waals surface area contributed by atoms with E-state index in [9.17, 15) is 8.42 Å². The molecule has 3 aromatic rings. The van der Waals surface area contributed by atoms with Gasteiger partial charge >= 0.3 is 0 Å². The molecule has 0 amide bonds. The fourth-order valence-electron chi connectivity index (χ4n) is 3.62. The van der Waals surface area contributed by atoms with Crippen LogP contribution in [-0.2, 0) is 10.0 Å². The molecule has 0 unspecified atom stereocenters. The van der Waals surface area contributed by atoms with Gasteiger partial charge in [0.1, 0.15) is 5.75 Å². The smallest absolute Gasteiger partial charge is 0.268 e. The Morgan fingerprint density at radius 2 is 1.78 bits per heavy atom. The van der Waals surface area contributed by atoms with Gasteiger partial charge < -0.3 is 9.64 Å². The Hall–Kier alpha value is -1.99. The normalized spacial score (nSPS) is 15.3. The maximum absolute atomic E-state index is 13.3. The van der Waals surface area contributed by atoms with Gasteiger partial charge in [0.15, 0.2) is 0 Å². The van der Waals surface area contributed by atoms with Crippen LogP contribution in [0.5, 0.6) is 5.75 Å². The molecule has 5 nitrogen and oxygen atoms in total. The molecule has 27 heavy (non-hydrogen) atoms. The number of fused-ring (bicyclic) bond motifs is 1. The van der Waals surface area contributed by atoms with Crippen molar-refractivity contribution in [2.75, 3.05) is 25.1 Å². The van der Waals surface area contributed by atoms with Crippen LogP contribution in [0.4, 0.5) is 5.69 Å². The van der Waals surface area contributed by atoms with Crippen LogP contribution in [-0.4, -0.2) is 32.6 Å². The number of rotatable bonds is 4. The summed E-state index contributed by atoms with van der Waals surface area (Å²) in [6, 6.07) is 12.5.